The van der Waals surface area contributed by atoms with Gasteiger partial charge in [-0.3, -0.25) is 0 Å². The van der Waals surface area contributed by atoms with E-state index in [1.165, 1.54) is 0 Å². The molecule has 1 saturated heterocycles. The topological polar surface area (TPSA) is 70.5 Å². The average molecular weight is 300 g/mol. The van der Waals surface area contributed by atoms with Crippen LogP contribution < -0.4 is 0 Å². The quantitative estimate of drug-likeness (QED) is 0.720. The molecular formula is C16H16N2O4. The summed E-state index contributed by atoms with van der Waals surface area (Å²) in [7, 11) is 0. The lowest BCUT2D eigenvalue weighted by Crippen LogP contribution is -2.13. The second-order valence-corrected chi connectivity index (χ2v) is 5.31. The van der Waals surface area contributed by atoms with E-state index in [2.05, 4.69) is 10.1 Å². The fourth-order valence-electron chi connectivity index (χ4n) is 2.56. The Bertz CT molecular complexity index is 725. The highest BCUT2D eigenvalue weighted by atomic mass is 16.5. The first kappa shape index (κ1) is 13.5. The van der Waals surface area contributed by atoms with E-state index in [1.54, 1.807) is 0 Å². The molecule has 0 bridgehead atoms. The predicted molar refractivity (Wildman–Crippen MR) is 78.1 cm³/mol. The lowest BCUT2D eigenvalue weighted by atomic mass is 10.2. The second kappa shape index (κ2) is 5.90. The molecule has 1 aromatic carbocycles. The van der Waals surface area contributed by atoms with Crippen molar-refractivity contribution in [2.75, 3.05) is 13.2 Å². The molecule has 6 nitrogen and oxygen atoms in total. The van der Waals surface area contributed by atoms with Gasteiger partial charge in [0.15, 0.2) is 5.76 Å². The van der Waals surface area contributed by atoms with Crippen molar-refractivity contribution in [2.24, 2.45) is 0 Å². The minimum absolute atomic E-state index is 0.192. The number of rotatable bonds is 5. The van der Waals surface area contributed by atoms with Gasteiger partial charge in [0.2, 0.25) is 5.82 Å². The van der Waals surface area contributed by atoms with E-state index in [0.29, 0.717) is 24.1 Å². The van der Waals surface area contributed by atoms with E-state index in [0.717, 1.165) is 30.4 Å². The highest BCUT2D eigenvalue weighted by molar-refractivity contribution is 5.81. The van der Waals surface area contributed by atoms with Crippen molar-refractivity contribution in [1.82, 2.24) is 10.1 Å². The molecule has 0 radical (unpaired) electrons. The molecule has 0 saturated carbocycles. The summed E-state index contributed by atoms with van der Waals surface area (Å²) in [6, 6.07) is 9.67. The number of para-hydroxylation sites is 1. The third-order valence-corrected chi connectivity index (χ3v) is 3.67. The van der Waals surface area contributed by atoms with Crippen LogP contribution in [-0.2, 0) is 16.1 Å². The molecule has 1 aliphatic rings. The van der Waals surface area contributed by atoms with Gasteiger partial charge >= 0.3 is 0 Å². The van der Waals surface area contributed by atoms with Crippen LogP contribution in [0.15, 0.2) is 39.3 Å². The molecule has 0 N–H and O–H groups in total. The molecule has 6 heteroatoms. The Labute approximate surface area is 127 Å². The van der Waals surface area contributed by atoms with E-state index in [4.69, 9.17) is 18.4 Å². The van der Waals surface area contributed by atoms with Crippen LogP contribution >= 0.6 is 0 Å². The first-order valence-corrected chi connectivity index (χ1v) is 7.39. The molecule has 1 aliphatic heterocycles. The summed E-state index contributed by atoms with van der Waals surface area (Å²) in [6.45, 7) is 1.67. The number of aromatic nitrogens is 2. The maximum atomic E-state index is 5.71. The third kappa shape index (κ3) is 2.75. The minimum Gasteiger partial charge on any atom is -0.453 e. The van der Waals surface area contributed by atoms with Crippen LogP contribution in [0, 0.1) is 0 Å². The van der Waals surface area contributed by atoms with Gasteiger partial charge < -0.3 is 18.4 Å². The Morgan fingerprint density at radius 3 is 3.09 bits per heavy atom. The van der Waals surface area contributed by atoms with Gasteiger partial charge in [0.25, 0.3) is 5.89 Å². The zero-order valence-electron chi connectivity index (χ0n) is 12.0. The Hall–Kier alpha value is -2.18. The van der Waals surface area contributed by atoms with Gasteiger partial charge in [-0.15, -0.1) is 0 Å². The fourth-order valence-corrected chi connectivity index (χ4v) is 2.56. The molecule has 0 aliphatic carbocycles. The van der Waals surface area contributed by atoms with Crippen molar-refractivity contribution >= 4 is 11.0 Å². The Morgan fingerprint density at radius 2 is 2.23 bits per heavy atom. The van der Waals surface area contributed by atoms with Crippen LogP contribution in [0.25, 0.3) is 22.6 Å². The summed E-state index contributed by atoms with van der Waals surface area (Å²) in [6.07, 6.45) is 2.34. The molecule has 0 spiro atoms. The van der Waals surface area contributed by atoms with Crippen molar-refractivity contribution < 1.29 is 18.4 Å². The summed E-state index contributed by atoms with van der Waals surface area (Å²) < 4.78 is 22.0. The number of hydrogen-bond acceptors (Lipinski definition) is 6. The van der Waals surface area contributed by atoms with Gasteiger partial charge in [0.05, 0.1) is 12.7 Å². The molecule has 22 heavy (non-hydrogen) atoms. The lowest BCUT2D eigenvalue weighted by molar-refractivity contribution is 0.00325. The summed E-state index contributed by atoms with van der Waals surface area (Å²) >= 11 is 0. The molecule has 0 unspecified atom stereocenters. The largest absolute Gasteiger partial charge is 0.453 e. The highest BCUT2D eigenvalue weighted by Crippen LogP contribution is 2.25. The van der Waals surface area contributed by atoms with Gasteiger partial charge in [-0.05, 0) is 25.0 Å². The van der Waals surface area contributed by atoms with E-state index >= 15 is 0 Å². The Morgan fingerprint density at radius 1 is 1.27 bits per heavy atom. The van der Waals surface area contributed by atoms with E-state index < -0.39 is 0 Å². The second-order valence-electron chi connectivity index (χ2n) is 5.31. The number of furan rings is 1. The molecule has 3 aromatic rings. The van der Waals surface area contributed by atoms with Crippen molar-refractivity contribution in [1.29, 1.82) is 0 Å². The predicted octanol–water partition coefficient (Wildman–Crippen LogP) is 3.18. The lowest BCUT2D eigenvalue weighted by Gasteiger charge is -2.07. The van der Waals surface area contributed by atoms with Crippen molar-refractivity contribution in [3.63, 3.8) is 0 Å². The number of ether oxygens (including phenoxy) is 2. The zero-order valence-corrected chi connectivity index (χ0v) is 12.0. The molecule has 0 amide bonds. The average Bonchev–Trinajstić information content (AvgIpc) is 3.27. The standard InChI is InChI=1S/C16H16N2O4/c1-2-6-13-11(4-1)8-14(21-13)16-17-15(22-18-16)10-19-9-12-5-3-7-20-12/h1-2,4,6,8,12H,3,5,7,9-10H2/t12-/m1/s1. The van der Waals surface area contributed by atoms with Crippen LogP contribution in [0.5, 0.6) is 0 Å². The van der Waals surface area contributed by atoms with E-state index in [-0.39, 0.29) is 12.7 Å². The first-order valence-electron chi connectivity index (χ1n) is 7.39. The molecule has 1 fully saturated rings. The van der Waals surface area contributed by atoms with Gasteiger partial charge in [-0.1, -0.05) is 23.4 Å². The molecular weight excluding hydrogens is 284 g/mol. The minimum atomic E-state index is 0.192. The Kier molecular flexibility index (Phi) is 3.62. The summed E-state index contributed by atoms with van der Waals surface area (Å²) in [5.74, 6) is 1.47. The number of benzene rings is 1. The molecule has 114 valence electrons. The van der Waals surface area contributed by atoms with Crippen LogP contribution in [-0.4, -0.2) is 29.5 Å². The maximum absolute atomic E-state index is 5.71. The third-order valence-electron chi connectivity index (χ3n) is 3.67. The van der Waals surface area contributed by atoms with Crippen LogP contribution in [0.3, 0.4) is 0 Å². The van der Waals surface area contributed by atoms with Crippen LogP contribution in [0.4, 0.5) is 0 Å². The van der Waals surface area contributed by atoms with Crippen LogP contribution in [0.2, 0.25) is 0 Å². The summed E-state index contributed by atoms with van der Waals surface area (Å²) in [5.41, 5.74) is 0.804. The maximum Gasteiger partial charge on any atom is 0.253 e. The van der Waals surface area contributed by atoms with Crippen molar-refractivity contribution in [3.8, 4) is 11.6 Å². The summed E-state index contributed by atoms with van der Waals surface area (Å²) in [5, 5.41) is 4.95. The Balaban J connectivity index is 1.42. The number of hydrogen-bond donors (Lipinski definition) is 0. The van der Waals surface area contributed by atoms with Crippen LogP contribution in [0.1, 0.15) is 18.7 Å². The zero-order chi connectivity index (χ0) is 14.8. The van der Waals surface area contributed by atoms with Gasteiger partial charge in [0, 0.05) is 12.0 Å². The molecule has 4 rings (SSSR count). The number of fused-ring (bicyclic) bond motifs is 1. The molecule has 2 aromatic heterocycles. The normalized spacial score (nSPS) is 18.3. The molecule has 3 heterocycles. The van der Waals surface area contributed by atoms with Crippen molar-refractivity contribution in [2.45, 2.75) is 25.6 Å². The number of nitrogens with zero attached hydrogens (tertiary/aromatic N) is 2. The highest BCUT2D eigenvalue weighted by Gasteiger charge is 2.17. The van der Waals surface area contributed by atoms with Gasteiger partial charge in [0.1, 0.15) is 12.2 Å². The van der Waals surface area contributed by atoms with Crippen molar-refractivity contribution in [3.05, 3.63) is 36.2 Å². The fraction of sp³-hybridized carbons (Fsp3) is 0.375. The molecule has 1 atom stereocenters. The van der Waals surface area contributed by atoms with Gasteiger partial charge in [-0.2, -0.15) is 4.98 Å². The summed E-state index contributed by atoms with van der Waals surface area (Å²) in [4.78, 5) is 4.30. The smallest absolute Gasteiger partial charge is 0.253 e. The SMILES string of the molecule is c1ccc2oc(-c3noc(COC[C@H]4CCCO4)n3)cc2c1. The van der Waals surface area contributed by atoms with Gasteiger partial charge in [-0.25, -0.2) is 0 Å². The van der Waals surface area contributed by atoms with E-state index in [1.807, 2.05) is 30.3 Å². The monoisotopic (exact) mass is 300 g/mol. The van der Waals surface area contributed by atoms with E-state index in [9.17, 15) is 0 Å². The first-order chi connectivity index (χ1) is 10.9.